The van der Waals surface area contributed by atoms with Gasteiger partial charge in [0.2, 0.25) is 0 Å². The predicted octanol–water partition coefficient (Wildman–Crippen LogP) is 5.50. The molecule has 2 rings (SSSR count). The predicted molar refractivity (Wildman–Crippen MR) is 80.5 cm³/mol. The molecular weight excluding hydrogens is 216 g/mol. The Morgan fingerprint density at radius 1 is 1.06 bits per heavy atom. The fraction of sp³-hybridized carbons (Fsp3) is 0.667. The lowest BCUT2D eigenvalue weighted by Crippen LogP contribution is -2.22. The van der Waals surface area contributed by atoms with E-state index in [0.717, 1.165) is 17.8 Å². The van der Waals surface area contributed by atoms with Crippen LogP contribution in [0.1, 0.15) is 80.2 Å². The third kappa shape index (κ3) is 2.11. The van der Waals surface area contributed by atoms with Gasteiger partial charge < -0.3 is 0 Å². The standard InChI is InChI=1S/C18H28/c1-7-8-16-12(3)10-14(5)17-13(4)9-11(2)15(6)18(16)17/h10-11,13,15H,7-9H2,1-6H3. The fourth-order valence-electron chi connectivity index (χ4n) is 4.00. The number of benzene rings is 1. The monoisotopic (exact) mass is 244 g/mol. The molecule has 1 aromatic carbocycles. The number of aryl methyl sites for hydroxylation is 2. The highest BCUT2D eigenvalue weighted by molar-refractivity contribution is 5.50. The number of rotatable bonds is 2. The van der Waals surface area contributed by atoms with Crippen LogP contribution >= 0.6 is 0 Å². The summed E-state index contributed by atoms with van der Waals surface area (Å²) in [4.78, 5) is 0. The Labute approximate surface area is 113 Å². The molecule has 0 heteroatoms. The average molecular weight is 244 g/mol. The van der Waals surface area contributed by atoms with Crippen molar-refractivity contribution in [3.63, 3.8) is 0 Å². The van der Waals surface area contributed by atoms with Crippen LogP contribution in [0.5, 0.6) is 0 Å². The van der Waals surface area contributed by atoms with Gasteiger partial charge in [-0.25, -0.2) is 0 Å². The van der Waals surface area contributed by atoms with Gasteiger partial charge in [0.05, 0.1) is 0 Å². The summed E-state index contributed by atoms with van der Waals surface area (Å²) in [6, 6.07) is 2.42. The van der Waals surface area contributed by atoms with Gasteiger partial charge in [-0.05, 0) is 72.3 Å². The van der Waals surface area contributed by atoms with Gasteiger partial charge in [-0.1, -0.05) is 40.2 Å². The summed E-state index contributed by atoms with van der Waals surface area (Å²) in [6.45, 7) is 14.2. The molecule has 100 valence electrons. The zero-order valence-corrected chi connectivity index (χ0v) is 12.9. The molecule has 3 unspecified atom stereocenters. The smallest absolute Gasteiger partial charge is 0.0159 e. The highest BCUT2D eigenvalue weighted by Gasteiger charge is 2.31. The first kappa shape index (κ1) is 13.6. The maximum absolute atomic E-state index is 2.44. The molecule has 0 nitrogen and oxygen atoms in total. The molecule has 0 bridgehead atoms. The first-order valence-electron chi connectivity index (χ1n) is 7.60. The minimum atomic E-state index is 0.733. The van der Waals surface area contributed by atoms with Crippen LogP contribution in [-0.4, -0.2) is 0 Å². The number of hydrogen-bond donors (Lipinski definition) is 0. The summed E-state index contributed by atoms with van der Waals surface area (Å²) in [5.74, 6) is 2.29. The minimum absolute atomic E-state index is 0.733. The van der Waals surface area contributed by atoms with Gasteiger partial charge in [0.1, 0.15) is 0 Å². The van der Waals surface area contributed by atoms with Crippen LogP contribution in [0.2, 0.25) is 0 Å². The maximum Gasteiger partial charge on any atom is -0.0159 e. The van der Waals surface area contributed by atoms with E-state index in [2.05, 4.69) is 47.6 Å². The Morgan fingerprint density at radius 3 is 2.33 bits per heavy atom. The van der Waals surface area contributed by atoms with Crippen molar-refractivity contribution in [1.29, 1.82) is 0 Å². The lowest BCUT2D eigenvalue weighted by atomic mass is 9.68. The molecule has 18 heavy (non-hydrogen) atoms. The molecule has 1 aliphatic rings. The molecule has 3 atom stereocenters. The summed E-state index contributed by atoms with van der Waals surface area (Å²) in [7, 11) is 0. The van der Waals surface area contributed by atoms with Crippen LogP contribution in [0.25, 0.3) is 0 Å². The molecule has 0 saturated carbocycles. The Kier molecular flexibility index (Phi) is 3.84. The molecule has 1 aliphatic carbocycles. The molecule has 0 N–H and O–H groups in total. The van der Waals surface area contributed by atoms with Crippen LogP contribution in [0.3, 0.4) is 0 Å². The van der Waals surface area contributed by atoms with Crippen molar-refractivity contribution in [3.8, 4) is 0 Å². The molecule has 0 saturated heterocycles. The average Bonchev–Trinajstić information content (AvgIpc) is 2.29. The van der Waals surface area contributed by atoms with Gasteiger partial charge in [-0.15, -0.1) is 0 Å². The highest BCUT2D eigenvalue weighted by Crippen LogP contribution is 2.46. The van der Waals surface area contributed by atoms with Crippen LogP contribution < -0.4 is 0 Å². The molecule has 0 heterocycles. The molecule has 0 fully saturated rings. The van der Waals surface area contributed by atoms with Crippen molar-refractivity contribution >= 4 is 0 Å². The first-order chi connectivity index (χ1) is 8.47. The lowest BCUT2D eigenvalue weighted by molar-refractivity contribution is 0.385. The van der Waals surface area contributed by atoms with E-state index in [0.29, 0.717) is 0 Å². The second kappa shape index (κ2) is 5.07. The zero-order valence-electron chi connectivity index (χ0n) is 12.9. The summed E-state index contributed by atoms with van der Waals surface area (Å²) in [6.07, 6.45) is 3.85. The van der Waals surface area contributed by atoms with Gasteiger partial charge in [-0.2, -0.15) is 0 Å². The Bertz CT molecular complexity index is 442. The van der Waals surface area contributed by atoms with E-state index >= 15 is 0 Å². The van der Waals surface area contributed by atoms with Gasteiger partial charge in [0.25, 0.3) is 0 Å². The Hall–Kier alpha value is -0.780. The summed E-state index contributed by atoms with van der Waals surface area (Å²) in [5.41, 5.74) is 8.08. The molecule has 0 spiro atoms. The van der Waals surface area contributed by atoms with Gasteiger partial charge in [0, 0.05) is 0 Å². The Balaban J connectivity index is 2.67. The quantitative estimate of drug-likeness (QED) is 0.644. The minimum Gasteiger partial charge on any atom is -0.0651 e. The third-order valence-corrected chi connectivity index (χ3v) is 4.98. The van der Waals surface area contributed by atoms with Crippen molar-refractivity contribution < 1.29 is 0 Å². The second-order valence-corrected chi connectivity index (χ2v) is 6.47. The van der Waals surface area contributed by atoms with E-state index in [9.17, 15) is 0 Å². The molecule has 0 aliphatic heterocycles. The van der Waals surface area contributed by atoms with Crippen LogP contribution in [0, 0.1) is 19.8 Å². The van der Waals surface area contributed by atoms with Gasteiger partial charge in [0.15, 0.2) is 0 Å². The summed E-state index contributed by atoms with van der Waals surface area (Å²) < 4.78 is 0. The van der Waals surface area contributed by atoms with Crippen molar-refractivity contribution in [1.82, 2.24) is 0 Å². The number of fused-ring (bicyclic) bond motifs is 1. The van der Waals surface area contributed by atoms with Gasteiger partial charge in [-0.3, -0.25) is 0 Å². The lowest BCUT2D eigenvalue weighted by Gasteiger charge is -2.37. The third-order valence-electron chi connectivity index (χ3n) is 4.98. The molecule has 0 radical (unpaired) electrons. The molecule has 1 aromatic rings. The van der Waals surface area contributed by atoms with Crippen molar-refractivity contribution in [2.45, 2.75) is 72.6 Å². The van der Waals surface area contributed by atoms with E-state index in [1.165, 1.54) is 30.4 Å². The highest BCUT2D eigenvalue weighted by atomic mass is 14.4. The zero-order chi connectivity index (χ0) is 13.4. The van der Waals surface area contributed by atoms with E-state index in [1.54, 1.807) is 16.7 Å². The maximum atomic E-state index is 2.44. The van der Waals surface area contributed by atoms with Crippen molar-refractivity contribution in [3.05, 3.63) is 33.9 Å². The first-order valence-corrected chi connectivity index (χ1v) is 7.60. The largest absolute Gasteiger partial charge is 0.0651 e. The summed E-state index contributed by atoms with van der Waals surface area (Å²) in [5, 5.41) is 0. The van der Waals surface area contributed by atoms with Crippen LogP contribution in [-0.2, 0) is 6.42 Å². The van der Waals surface area contributed by atoms with Crippen molar-refractivity contribution in [2.24, 2.45) is 5.92 Å². The van der Waals surface area contributed by atoms with Crippen molar-refractivity contribution in [2.75, 3.05) is 0 Å². The summed E-state index contributed by atoms with van der Waals surface area (Å²) >= 11 is 0. The topological polar surface area (TPSA) is 0 Å². The van der Waals surface area contributed by atoms with E-state index in [4.69, 9.17) is 0 Å². The van der Waals surface area contributed by atoms with Crippen LogP contribution in [0.15, 0.2) is 6.07 Å². The Morgan fingerprint density at radius 2 is 1.72 bits per heavy atom. The molecule has 0 amide bonds. The van der Waals surface area contributed by atoms with Crippen LogP contribution in [0.4, 0.5) is 0 Å². The molecule has 0 aromatic heterocycles. The fourth-order valence-corrected chi connectivity index (χ4v) is 4.00. The van der Waals surface area contributed by atoms with E-state index in [1.807, 2.05) is 0 Å². The van der Waals surface area contributed by atoms with E-state index in [-0.39, 0.29) is 0 Å². The SMILES string of the molecule is CCCc1c(C)cc(C)c2c1C(C)C(C)CC2C. The number of hydrogen-bond acceptors (Lipinski definition) is 0. The second-order valence-electron chi connectivity index (χ2n) is 6.47. The van der Waals surface area contributed by atoms with Gasteiger partial charge >= 0.3 is 0 Å². The molecular formula is C18H28. The normalized spacial score (nSPS) is 27.1. The van der Waals surface area contributed by atoms with E-state index < -0.39 is 0 Å².